The second kappa shape index (κ2) is 3.99. The molecule has 1 aromatic heterocycles. The van der Waals surface area contributed by atoms with Crippen molar-refractivity contribution in [2.45, 2.75) is 33.2 Å². The van der Waals surface area contributed by atoms with E-state index in [0.717, 1.165) is 16.3 Å². The van der Waals surface area contributed by atoms with Crippen molar-refractivity contribution >= 4 is 22.9 Å². The van der Waals surface area contributed by atoms with Crippen LogP contribution in [0.4, 0.5) is 0 Å². The van der Waals surface area contributed by atoms with E-state index in [1.165, 1.54) is 0 Å². The van der Waals surface area contributed by atoms with Gasteiger partial charge >= 0.3 is 0 Å². The molecule has 2 N–H and O–H groups in total. The van der Waals surface area contributed by atoms with Gasteiger partial charge in [-0.15, -0.1) is 11.3 Å². The highest BCUT2D eigenvalue weighted by atomic mass is 35.5. The molecule has 0 aliphatic rings. The molecule has 1 nitrogen and oxygen atoms in total. The molecular formula is C10H16ClNS. The average molecular weight is 218 g/mol. The number of hydrogen-bond acceptors (Lipinski definition) is 2. The molecule has 3 heteroatoms. The summed E-state index contributed by atoms with van der Waals surface area (Å²) in [5.74, 6) is 0. The molecule has 0 aliphatic carbocycles. The number of halogens is 1. The van der Waals surface area contributed by atoms with Gasteiger partial charge in [-0.3, -0.25) is 0 Å². The maximum atomic E-state index is 6.05. The van der Waals surface area contributed by atoms with Gasteiger partial charge in [-0.1, -0.05) is 32.4 Å². The standard InChI is InChI=1S/C10H16ClNS/c1-10(2,3)6-8(12)7-4-5-13-9(7)11/h4-5,8H,6,12H2,1-3H3/t8-/m1/s1. The van der Waals surface area contributed by atoms with Crippen molar-refractivity contribution in [3.8, 4) is 0 Å². The second-order valence-corrected chi connectivity index (χ2v) is 6.04. The Kier molecular flexibility index (Phi) is 3.38. The van der Waals surface area contributed by atoms with Crippen LogP contribution in [0.25, 0.3) is 0 Å². The van der Waals surface area contributed by atoms with Crippen molar-refractivity contribution in [1.29, 1.82) is 0 Å². The fraction of sp³-hybridized carbons (Fsp3) is 0.600. The van der Waals surface area contributed by atoms with Crippen LogP contribution in [0.3, 0.4) is 0 Å². The Labute approximate surface area is 88.9 Å². The van der Waals surface area contributed by atoms with Gasteiger partial charge in [-0.25, -0.2) is 0 Å². The van der Waals surface area contributed by atoms with Gasteiger partial charge < -0.3 is 5.73 Å². The minimum atomic E-state index is 0.0683. The molecule has 0 saturated heterocycles. The maximum absolute atomic E-state index is 6.05. The lowest BCUT2D eigenvalue weighted by Gasteiger charge is -2.22. The summed E-state index contributed by atoms with van der Waals surface area (Å²) in [5, 5.41) is 1.99. The van der Waals surface area contributed by atoms with Gasteiger partial charge in [0.05, 0.1) is 4.34 Å². The van der Waals surface area contributed by atoms with E-state index < -0.39 is 0 Å². The van der Waals surface area contributed by atoms with Crippen LogP contribution in [-0.2, 0) is 0 Å². The molecule has 1 atom stereocenters. The number of rotatable bonds is 2. The summed E-state index contributed by atoms with van der Waals surface area (Å²) in [6.07, 6.45) is 0.962. The molecule has 0 unspecified atom stereocenters. The summed E-state index contributed by atoms with van der Waals surface area (Å²) in [5.41, 5.74) is 7.39. The highest BCUT2D eigenvalue weighted by molar-refractivity contribution is 7.14. The third-order valence-electron chi connectivity index (χ3n) is 1.88. The molecule has 1 rings (SSSR count). The lowest BCUT2D eigenvalue weighted by molar-refractivity contribution is 0.343. The normalized spacial score (nSPS) is 14.5. The van der Waals surface area contributed by atoms with Crippen LogP contribution in [0, 0.1) is 5.41 Å². The van der Waals surface area contributed by atoms with E-state index in [1.54, 1.807) is 11.3 Å². The predicted molar refractivity (Wildman–Crippen MR) is 60.3 cm³/mol. The van der Waals surface area contributed by atoms with Gasteiger partial charge in [-0.05, 0) is 28.8 Å². The van der Waals surface area contributed by atoms with Crippen molar-refractivity contribution in [1.82, 2.24) is 0 Å². The van der Waals surface area contributed by atoms with Gasteiger partial charge in [0.1, 0.15) is 0 Å². The first-order valence-electron chi connectivity index (χ1n) is 4.38. The van der Waals surface area contributed by atoms with Crippen LogP contribution >= 0.6 is 22.9 Å². The number of hydrogen-bond donors (Lipinski definition) is 1. The maximum Gasteiger partial charge on any atom is 0.0976 e. The van der Waals surface area contributed by atoms with E-state index in [4.69, 9.17) is 17.3 Å². The Morgan fingerprint density at radius 3 is 2.54 bits per heavy atom. The lowest BCUT2D eigenvalue weighted by atomic mass is 9.86. The van der Waals surface area contributed by atoms with Gasteiger partial charge in [0.25, 0.3) is 0 Å². The quantitative estimate of drug-likeness (QED) is 0.801. The third kappa shape index (κ3) is 3.29. The van der Waals surface area contributed by atoms with Crippen LogP contribution in [-0.4, -0.2) is 0 Å². The molecule has 0 bridgehead atoms. The molecule has 1 heterocycles. The smallest absolute Gasteiger partial charge is 0.0976 e. The number of nitrogens with two attached hydrogens (primary N) is 1. The Morgan fingerprint density at radius 2 is 2.15 bits per heavy atom. The molecule has 0 radical (unpaired) electrons. The first-order chi connectivity index (χ1) is 5.90. The molecule has 0 aliphatic heterocycles. The van der Waals surface area contributed by atoms with Crippen molar-refractivity contribution < 1.29 is 0 Å². The first-order valence-corrected chi connectivity index (χ1v) is 5.64. The summed E-state index contributed by atoms with van der Waals surface area (Å²) in [6, 6.07) is 2.09. The molecule has 0 saturated carbocycles. The van der Waals surface area contributed by atoms with Crippen molar-refractivity contribution in [2.24, 2.45) is 11.1 Å². The summed E-state index contributed by atoms with van der Waals surface area (Å²) < 4.78 is 0.830. The molecule has 0 spiro atoms. The van der Waals surface area contributed by atoms with Crippen molar-refractivity contribution in [2.75, 3.05) is 0 Å². The highest BCUT2D eigenvalue weighted by Gasteiger charge is 2.19. The number of thiophene rings is 1. The Morgan fingerprint density at radius 1 is 1.54 bits per heavy atom. The summed E-state index contributed by atoms with van der Waals surface area (Å²) in [4.78, 5) is 0. The van der Waals surface area contributed by atoms with Crippen LogP contribution in [0.15, 0.2) is 11.4 Å². The minimum Gasteiger partial charge on any atom is -0.324 e. The zero-order valence-corrected chi connectivity index (χ0v) is 9.88. The molecule has 13 heavy (non-hydrogen) atoms. The third-order valence-corrected chi connectivity index (χ3v) is 3.08. The van der Waals surface area contributed by atoms with E-state index in [1.807, 2.05) is 11.4 Å². The Bertz CT molecular complexity index is 275. The Balaban J connectivity index is 2.69. The zero-order chi connectivity index (χ0) is 10.1. The van der Waals surface area contributed by atoms with Gasteiger partial charge in [0, 0.05) is 6.04 Å². The van der Waals surface area contributed by atoms with E-state index in [-0.39, 0.29) is 11.5 Å². The molecular weight excluding hydrogens is 202 g/mol. The largest absolute Gasteiger partial charge is 0.324 e. The van der Waals surface area contributed by atoms with Gasteiger partial charge in [0.15, 0.2) is 0 Å². The van der Waals surface area contributed by atoms with E-state index in [9.17, 15) is 0 Å². The summed E-state index contributed by atoms with van der Waals surface area (Å²) in [7, 11) is 0. The lowest BCUT2D eigenvalue weighted by Crippen LogP contribution is -2.18. The molecule has 0 aromatic carbocycles. The zero-order valence-electron chi connectivity index (χ0n) is 8.30. The van der Waals surface area contributed by atoms with Crippen molar-refractivity contribution in [3.05, 3.63) is 21.3 Å². The van der Waals surface area contributed by atoms with Gasteiger partial charge in [0.2, 0.25) is 0 Å². The topological polar surface area (TPSA) is 26.0 Å². The second-order valence-electron chi connectivity index (χ2n) is 4.52. The van der Waals surface area contributed by atoms with E-state index in [0.29, 0.717) is 0 Å². The molecule has 0 fully saturated rings. The highest BCUT2D eigenvalue weighted by Crippen LogP contribution is 2.33. The minimum absolute atomic E-state index is 0.0683. The first kappa shape index (κ1) is 11.0. The Hall–Kier alpha value is -0.0500. The fourth-order valence-electron chi connectivity index (χ4n) is 1.34. The summed E-state index contributed by atoms with van der Waals surface area (Å²) >= 11 is 7.55. The van der Waals surface area contributed by atoms with E-state index >= 15 is 0 Å². The van der Waals surface area contributed by atoms with Crippen LogP contribution in [0.2, 0.25) is 4.34 Å². The molecule has 0 amide bonds. The van der Waals surface area contributed by atoms with E-state index in [2.05, 4.69) is 20.8 Å². The SMILES string of the molecule is CC(C)(C)C[C@@H](N)c1ccsc1Cl. The molecule has 74 valence electrons. The van der Waals surface area contributed by atoms with Crippen LogP contribution in [0.5, 0.6) is 0 Å². The van der Waals surface area contributed by atoms with Crippen LogP contribution < -0.4 is 5.73 Å². The average Bonchev–Trinajstić information content (AvgIpc) is 2.30. The predicted octanol–water partition coefficient (Wildman–Crippen LogP) is 3.84. The monoisotopic (exact) mass is 217 g/mol. The molecule has 1 aromatic rings. The van der Waals surface area contributed by atoms with Crippen molar-refractivity contribution in [3.63, 3.8) is 0 Å². The van der Waals surface area contributed by atoms with Crippen LogP contribution in [0.1, 0.15) is 38.8 Å². The summed E-state index contributed by atoms with van der Waals surface area (Å²) in [6.45, 7) is 6.56. The van der Waals surface area contributed by atoms with Gasteiger partial charge in [-0.2, -0.15) is 0 Å². The fourth-order valence-corrected chi connectivity index (χ4v) is 2.39.